The molecule has 25 heavy (non-hydrogen) atoms. The second-order valence-corrected chi connectivity index (χ2v) is 7.02. The summed E-state index contributed by atoms with van der Waals surface area (Å²) in [7, 11) is 0. The molecule has 1 unspecified atom stereocenters. The zero-order valence-electron chi connectivity index (χ0n) is 14.2. The van der Waals surface area contributed by atoms with Gasteiger partial charge in [0.15, 0.2) is 0 Å². The highest BCUT2D eigenvalue weighted by Crippen LogP contribution is 2.23. The number of rotatable bonds is 6. The Kier molecular flexibility index (Phi) is 5.36. The van der Waals surface area contributed by atoms with Crippen LogP contribution in [-0.2, 0) is 4.79 Å². The van der Waals surface area contributed by atoms with Gasteiger partial charge in [-0.3, -0.25) is 14.4 Å². The second kappa shape index (κ2) is 7.68. The molecular weight excluding hydrogens is 320 g/mol. The minimum absolute atomic E-state index is 0.0471. The lowest BCUT2D eigenvalue weighted by Gasteiger charge is -2.32. The molecule has 1 aromatic rings. The largest absolute Gasteiger partial charge is 0.481 e. The zero-order valence-corrected chi connectivity index (χ0v) is 14.2. The average molecular weight is 344 g/mol. The number of nitrogens with zero attached hydrogens (tertiary/aromatic N) is 1. The number of carbonyl (C=O) groups is 3. The second-order valence-electron chi connectivity index (χ2n) is 7.02. The predicted molar refractivity (Wildman–Crippen MR) is 92.4 cm³/mol. The molecule has 1 saturated heterocycles. The van der Waals surface area contributed by atoms with Gasteiger partial charge in [0, 0.05) is 36.7 Å². The van der Waals surface area contributed by atoms with Crippen molar-refractivity contribution in [1.29, 1.82) is 0 Å². The van der Waals surface area contributed by atoms with Crippen LogP contribution in [-0.4, -0.2) is 46.9 Å². The molecule has 2 N–H and O–H groups in total. The molecule has 0 bridgehead atoms. The summed E-state index contributed by atoms with van der Waals surface area (Å²) >= 11 is 0. The van der Waals surface area contributed by atoms with E-state index in [0.29, 0.717) is 36.7 Å². The van der Waals surface area contributed by atoms with Crippen LogP contribution in [0.15, 0.2) is 24.3 Å². The minimum atomic E-state index is -0.788. The highest BCUT2D eigenvalue weighted by atomic mass is 16.4. The molecule has 6 heteroatoms. The van der Waals surface area contributed by atoms with E-state index in [-0.39, 0.29) is 24.2 Å². The Labute approximate surface area is 147 Å². The summed E-state index contributed by atoms with van der Waals surface area (Å²) < 4.78 is 0. The van der Waals surface area contributed by atoms with Gasteiger partial charge in [-0.05, 0) is 62.3 Å². The number of aliphatic carboxylic acids is 1. The van der Waals surface area contributed by atoms with Gasteiger partial charge in [-0.25, -0.2) is 0 Å². The van der Waals surface area contributed by atoms with Crippen LogP contribution in [0, 0.1) is 5.92 Å². The van der Waals surface area contributed by atoms with Crippen molar-refractivity contribution in [3.05, 3.63) is 35.4 Å². The molecular formula is C19H24N2O4. The van der Waals surface area contributed by atoms with E-state index < -0.39 is 5.97 Å². The molecule has 2 aliphatic rings. The molecule has 0 aromatic heterocycles. The van der Waals surface area contributed by atoms with E-state index in [2.05, 4.69) is 5.32 Å². The van der Waals surface area contributed by atoms with Crippen LogP contribution in [0.1, 0.15) is 59.2 Å². The Hall–Kier alpha value is -2.37. The van der Waals surface area contributed by atoms with Gasteiger partial charge in [-0.1, -0.05) is 0 Å². The van der Waals surface area contributed by atoms with Crippen LogP contribution in [0.3, 0.4) is 0 Å². The topological polar surface area (TPSA) is 86.7 Å². The first kappa shape index (κ1) is 17.5. The highest BCUT2D eigenvalue weighted by Gasteiger charge is 2.26. The molecule has 2 fully saturated rings. The summed E-state index contributed by atoms with van der Waals surface area (Å²) in [4.78, 5) is 37.2. The molecule has 134 valence electrons. The Morgan fingerprint density at radius 1 is 1.08 bits per heavy atom. The first-order valence-electron chi connectivity index (χ1n) is 8.95. The third-order valence-electron chi connectivity index (χ3n) is 4.88. The van der Waals surface area contributed by atoms with Gasteiger partial charge in [-0.15, -0.1) is 0 Å². The first-order chi connectivity index (χ1) is 12.0. The molecule has 1 heterocycles. The van der Waals surface area contributed by atoms with Gasteiger partial charge in [0.05, 0.1) is 0 Å². The van der Waals surface area contributed by atoms with Crippen LogP contribution in [0.5, 0.6) is 0 Å². The molecule has 1 aliphatic heterocycles. The lowest BCUT2D eigenvalue weighted by Crippen LogP contribution is -2.40. The van der Waals surface area contributed by atoms with E-state index in [4.69, 9.17) is 5.11 Å². The normalized spacial score (nSPS) is 20.2. The SMILES string of the molecule is O=C(O)CCC1CCCN(C(=O)c2ccc(C(=O)NC3CC3)cc2)C1. The highest BCUT2D eigenvalue weighted by molar-refractivity contribution is 5.98. The van der Waals surface area contributed by atoms with E-state index in [1.807, 2.05) is 0 Å². The van der Waals surface area contributed by atoms with Crippen LogP contribution in [0.2, 0.25) is 0 Å². The third-order valence-corrected chi connectivity index (χ3v) is 4.88. The fourth-order valence-electron chi connectivity index (χ4n) is 3.26. The maximum Gasteiger partial charge on any atom is 0.303 e. The number of carboxylic acid groups (broad SMARTS) is 1. The summed E-state index contributed by atoms with van der Waals surface area (Å²) in [6.45, 7) is 1.31. The fraction of sp³-hybridized carbons (Fsp3) is 0.526. The van der Waals surface area contributed by atoms with Gasteiger partial charge in [0.2, 0.25) is 0 Å². The number of benzene rings is 1. The number of carboxylic acids is 1. The van der Waals surface area contributed by atoms with Crippen molar-refractivity contribution in [3.8, 4) is 0 Å². The number of hydrogen-bond donors (Lipinski definition) is 2. The number of likely N-dealkylation sites (tertiary alicyclic amines) is 1. The van der Waals surface area contributed by atoms with E-state index in [1.165, 1.54) is 0 Å². The van der Waals surface area contributed by atoms with Gasteiger partial charge in [-0.2, -0.15) is 0 Å². The molecule has 1 atom stereocenters. The quantitative estimate of drug-likeness (QED) is 0.829. The van der Waals surface area contributed by atoms with E-state index >= 15 is 0 Å². The Balaban J connectivity index is 1.57. The van der Waals surface area contributed by atoms with Crippen molar-refractivity contribution in [1.82, 2.24) is 10.2 Å². The molecule has 6 nitrogen and oxygen atoms in total. The Morgan fingerprint density at radius 3 is 2.40 bits per heavy atom. The van der Waals surface area contributed by atoms with Crippen molar-refractivity contribution in [2.75, 3.05) is 13.1 Å². The van der Waals surface area contributed by atoms with Crippen molar-refractivity contribution >= 4 is 17.8 Å². The summed E-state index contributed by atoms with van der Waals surface area (Å²) in [5.74, 6) is -0.678. The van der Waals surface area contributed by atoms with Gasteiger partial charge >= 0.3 is 5.97 Å². The zero-order chi connectivity index (χ0) is 17.8. The fourth-order valence-corrected chi connectivity index (χ4v) is 3.26. The number of amides is 2. The van der Waals surface area contributed by atoms with E-state index in [9.17, 15) is 14.4 Å². The minimum Gasteiger partial charge on any atom is -0.481 e. The van der Waals surface area contributed by atoms with Gasteiger partial charge in [0.1, 0.15) is 0 Å². The van der Waals surface area contributed by atoms with Crippen molar-refractivity contribution in [2.24, 2.45) is 5.92 Å². The van der Waals surface area contributed by atoms with Gasteiger partial charge < -0.3 is 15.3 Å². The van der Waals surface area contributed by atoms with E-state index in [1.54, 1.807) is 29.2 Å². The van der Waals surface area contributed by atoms with Gasteiger partial charge in [0.25, 0.3) is 11.8 Å². The molecule has 1 saturated carbocycles. The average Bonchev–Trinajstić information content (AvgIpc) is 3.43. The van der Waals surface area contributed by atoms with Crippen molar-refractivity contribution < 1.29 is 19.5 Å². The molecule has 0 spiro atoms. The number of carbonyl (C=O) groups excluding carboxylic acids is 2. The number of piperidine rings is 1. The summed E-state index contributed by atoms with van der Waals surface area (Å²) in [5.41, 5.74) is 1.14. The first-order valence-corrected chi connectivity index (χ1v) is 8.95. The standard InChI is InChI=1S/C19H24N2O4/c22-17(23)10-3-13-2-1-11-21(12-13)19(25)15-6-4-14(5-7-15)18(24)20-16-8-9-16/h4-7,13,16H,1-3,8-12H2,(H,20,24)(H,22,23). The third kappa shape index (κ3) is 4.81. The maximum absolute atomic E-state index is 12.7. The predicted octanol–water partition coefficient (Wildman–Crippen LogP) is 2.30. The molecule has 3 rings (SSSR count). The molecule has 1 aliphatic carbocycles. The Morgan fingerprint density at radius 2 is 1.76 bits per heavy atom. The van der Waals surface area contributed by atoms with Crippen molar-refractivity contribution in [3.63, 3.8) is 0 Å². The molecule has 2 amide bonds. The number of nitrogens with one attached hydrogen (secondary N) is 1. The van der Waals surface area contributed by atoms with Crippen LogP contribution >= 0.6 is 0 Å². The molecule has 0 radical (unpaired) electrons. The summed E-state index contributed by atoms with van der Waals surface area (Å²) in [6.07, 6.45) is 4.72. The van der Waals surface area contributed by atoms with Crippen LogP contribution in [0.25, 0.3) is 0 Å². The lowest BCUT2D eigenvalue weighted by molar-refractivity contribution is -0.137. The number of hydrogen-bond acceptors (Lipinski definition) is 3. The summed E-state index contributed by atoms with van der Waals surface area (Å²) in [5, 5.41) is 11.7. The molecule has 1 aromatic carbocycles. The van der Waals surface area contributed by atoms with Crippen molar-refractivity contribution in [2.45, 2.75) is 44.6 Å². The van der Waals surface area contributed by atoms with E-state index in [0.717, 1.165) is 25.7 Å². The maximum atomic E-state index is 12.7. The lowest BCUT2D eigenvalue weighted by atomic mass is 9.93. The Bertz CT molecular complexity index is 652. The van der Waals surface area contributed by atoms with Crippen LogP contribution in [0.4, 0.5) is 0 Å². The van der Waals surface area contributed by atoms with Crippen LogP contribution < -0.4 is 5.32 Å². The smallest absolute Gasteiger partial charge is 0.303 e. The monoisotopic (exact) mass is 344 g/mol. The summed E-state index contributed by atoms with van der Waals surface area (Å²) in [6, 6.07) is 7.09.